The molecule has 6 nitrogen and oxygen atoms in total. The van der Waals surface area contributed by atoms with Gasteiger partial charge in [0.1, 0.15) is 5.82 Å². The summed E-state index contributed by atoms with van der Waals surface area (Å²) >= 11 is 1.29. The maximum atomic E-state index is 13.0. The molecular weight excluding hydrogens is 365 g/mol. The minimum absolute atomic E-state index is 0.0557. The van der Waals surface area contributed by atoms with E-state index < -0.39 is 0 Å². The van der Waals surface area contributed by atoms with E-state index in [0.29, 0.717) is 11.7 Å². The topological polar surface area (TPSA) is 63.9 Å². The molecule has 1 heterocycles. The van der Waals surface area contributed by atoms with Crippen molar-refractivity contribution in [2.24, 2.45) is 0 Å². The van der Waals surface area contributed by atoms with Crippen LogP contribution in [0.25, 0.3) is 5.69 Å². The molecule has 1 amide bonds. The predicted octanol–water partition coefficient (Wildman–Crippen LogP) is 3.17. The van der Waals surface area contributed by atoms with Gasteiger partial charge in [0.05, 0.1) is 11.4 Å². The number of hydrogen-bond acceptors (Lipinski definition) is 5. The first kappa shape index (κ1) is 19.0. The van der Waals surface area contributed by atoms with E-state index in [-0.39, 0.29) is 17.5 Å². The molecule has 0 radical (unpaired) electrons. The van der Waals surface area contributed by atoms with E-state index in [9.17, 15) is 9.18 Å². The van der Waals surface area contributed by atoms with Crippen LogP contribution in [0.15, 0.2) is 47.6 Å². The van der Waals surface area contributed by atoms with Crippen molar-refractivity contribution in [1.29, 1.82) is 0 Å². The summed E-state index contributed by atoms with van der Waals surface area (Å²) in [5.74, 6) is -0.135. The van der Waals surface area contributed by atoms with Gasteiger partial charge in [-0.1, -0.05) is 36.0 Å². The van der Waals surface area contributed by atoms with Crippen LogP contribution in [0.3, 0.4) is 0 Å². The molecule has 1 aromatic heterocycles. The van der Waals surface area contributed by atoms with Gasteiger partial charge in [-0.25, -0.2) is 4.39 Å². The molecule has 0 aliphatic heterocycles. The van der Waals surface area contributed by atoms with Crippen LogP contribution >= 0.6 is 11.8 Å². The zero-order valence-electron chi connectivity index (χ0n) is 15.4. The van der Waals surface area contributed by atoms with Gasteiger partial charge in [0, 0.05) is 13.6 Å². The van der Waals surface area contributed by atoms with E-state index in [1.165, 1.54) is 23.9 Å². The largest absolute Gasteiger partial charge is 0.341 e. The Kier molecular flexibility index (Phi) is 5.85. The summed E-state index contributed by atoms with van der Waals surface area (Å²) in [6.07, 6.45) is 0. The van der Waals surface area contributed by atoms with Crippen LogP contribution in [0, 0.1) is 19.7 Å². The predicted molar refractivity (Wildman–Crippen MR) is 102 cm³/mol. The molecule has 2 aromatic carbocycles. The molecule has 0 atom stereocenters. The van der Waals surface area contributed by atoms with Crippen LogP contribution in [0.5, 0.6) is 0 Å². The second kappa shape index (κ2) is 8.30. The Morgan fingerprint density at radius 3 is 2.67 bits per heavy atom. The average Bonchev–Trinajstić information content (AvgIpc) is 3.12. The van der Waals surface area contributed by atoms with Crippen LogP contribution in [0.2, 0.25) is 0 Å². The fraction of sp³-hybridized carbons (Fsp3) is 0.263. The Labute approximate surface area is 161 Å². The molecule has 0 aliphatic rings. The van der Waals surface area contributed by atoms with Crippen LogP contribution in [-0.4, -0.2) is 43.8 Å². The van der Waals surface area contributed by atoms with Crippen LogP contribution in [0.1, 0.15) is 16.7 Å². The number of nitrogens with zero attached hydrogens (tertiary/aromatic N) is 5. The van der Waals surface area contributed by atoms with Crippen molar-refractivity contribution in [1.82, 2.24) is 25.1 Å². The molecule has 0 unspecified atom stereocenters. The minimum Gasteiger partial charge on any atom is -0.341 e. The Balaban J connectivity index is 1.65. The Morgan fingerprint density at radius 2 is 1.93 bits per heavy atom. The van der Waals surface area contributed by atoms with Gasteiger partial charge in [0.15, 0.2) is 0 Å². The van der Waals surface area contributed by atoms with Crippen LogP contribution in [-0.2, 0) is 11.3 Å². The highest BCUT2D eigenvalue weighted by molar-refractivity contribution is 7.99. The van der Waals surface area contributed by atoms with E-state index >= 15 is 0 Å². The quantitative estimate of drug-likeness (QED) is 0.610. The number of halogens is 1. The summed E-state index contributed by atoms with van der Waals surface area (Å²) < 4.78 is 14.6. The van der Waals surface area contributed by atoms with E-state index in [2.05, 4.69) is 15.5 Å². The van der Waals surface area contributed by atoms with Crippen LogP contribution in [0.4, 0.5) is 4.39 Å². The molecule has 0 saturated carbocycles. The minimum atomic E-state index is -0.290. The molecule has 3 rings (SSSR count). The fourth-order valence-electron chi connectivity index (χ4n) is 2.57. The second-order valence-corrected chi connectivity index (χ2v) is 7.20. The van der Waals surface area contributed by atoms with Crippen molar-refractivity contribution in [3.8, 4) is 5.69 Å². The van der Waals surface area contributed by atoms with E-state index in [1.54, 1.807) is 28.8 Å². The summed E-state index contributed by atoms with van der Waals surface area (Å²) in [5.41, 5.74) is 4.01. The number of amides is 1. The van der Waals surface area contributed by atoms with Gasteiger partial charge >= 0.3 is 0 Å². The monoisotopic (exact) mass is 385 g/mol. The number of aryl methyl sites for hydroxylation is 1. The summed E-state index contributed by atoms with van der Waals surface area (Å²) in [6.45, 7) is 4.47. The van der Waals surface area contributed by atoms with Crippen molar-refractivity contribution >= 4 is 17.7 Å². The summed E-state index contributed by atoms with van der Waals surface area (Å²) in [7, 11) is 1.72. The van der Waals surface area contributed by atoms with Gasteiger partial charge in [0.2, 0.25) is 11.1 Å². The highest BCUT2D eigenvalue weighted by atomic mass is 32.2. The first-order chi connectivity index (χ1) is 13.0. The molecule has 0 aliphatic carbocycles. The smallest absolute Gasteiger partial charge is 0.233 e. The molecule has 0 N–H and O–H groups in total. The zero-order chi connectivity index (χ0) is 19.4. The Bertz CT molecular complexity index is 942. The van der Waals surface area contributed by atoms with E-state index in [0.717, 1.165) is 22.4 Å². The molecule has 140 valence electrons. The van der Waals surface area contributed by atoms with Crippen molar-refractivity contribution in [3.63, 3.8) is 0 Å². The first-order valence-corrected chi connectivity index (χ1v) is 9.40. The van der Waals surface area contributed by atoms with Crippen LogP contribution < -0.4 is 0 Å². The Hall–Kier alpha value is -2.74. The zero-order valence-corrected chi connectivity index (χ0v) is 16.2. The highest BCUT2D eigenvalue weighted by Crippen LogP contribution is 2.22. The van der Waals surface area contributed by atoms with Gasteiger partial charge in [-0.2, -0.15) is 4.68 Å². The number of rotatable bonds is 6. The average molecular weight is 385 g/mol. The van der Waals surface area contributed by atoms with Gasteiger partial charge in [0.25, 0.3) is 0 Å². The normalized spacial score (nSPS) is 10.8. The summed E-state index contributed by atoms with van der Waals surface area (Å²) in [4.78, 5) is 14.0. The highest BCUT2D eigenvalue weighted by Gasteiger charge is 2.16. The van der Waals surface area contributed by atoms with Crippen molar-refractivity contribution in [3.05, 3.63) is 65.0 Å². The standard InChI is InChI=1S/C19H20FN5OS/c1-13-5-4-6-17(14(13)2)25-19(21-22-23-25)27-12-18(26)24(3)11-15-7-9-16(20)10-8-15/h4-10H,11-12H2,1-3H3. The molecule has 0 spiro atoms. The van der Waals surface area contributed by atoms with Gasteiger partial charge < -0.3 is 4.90 Å². The molecule has 0 fully saturated rings. The summed E-state index contributed by atoms with van der Waals surface area (Å²) in [6, 6.07) is 12.1. The molecule has 3 aromatic rings. The third-order valence-corrected chi connectivity index (χ3v) is 5.23. The first-order valence-electron chi connectivity index (χ1n) is 8.42. The number of carbonyl (C=O) groups is 1. The van der Waals surface area contributed by atoms with Gasteiger partial charge in [-0.15, -0.1) is 5.10 Å². The maximum Gasteiger partial charge on any atom is 0.233 e. The number of carbonyl (C=O) groups excluding carboxylic acids is 1. The summed E-state index contributed by atoms with van der Waals surface area (Å²) in [5, 5.41) is 12.4. The van der Waals surface area contributed by atoms with Crippen molar-refractivity contribution < 1.29 is 9.18 Å². The third kappa shape index (κ3) is 4.51. The van der Waals surface area contributed by atoms with E-state index in [4.69, 9.17) is 0 Å². The molecule has 27 heavy (non-hydrogen) atoms. The third-order valence-electron chi connectivity index (χ3n) is 4.33. The fourth-order valence-corrected chi connectivity index (χ4v) is 3.40. The second-order valence-electron chi connectivity index (χ2n) is 6.26. The number of aromatic nitrogens is 4. The lowest BCUT2D eigenvalue weighted by Gasteiger charge is -2.17. The lowest BCUT2D eigenvalue weighted by molar-refractivity contribution is -0.127. The number of thioether (sulfide) groups is 1. The van der Waals surface area contributed by atoms with E-state index in [1.807, 2.05) is 32.0 Å². The molecule has 0 saturated heterocycles. The van der Waals surface area contributed by atoms with Gasteiger partial charge in [-0.05, 0) is 59.2 Å². The SMILES string of the molecule is Cc1cccc(-n2nnnc2SCC(=O)N(C)Cc2ccc(F)cc2)c1C. The molecule has 0 bridgehead atoms. The lowest BCUT2D eigenvalue weighted by Crippen LogP contribution is -2.27. The maximum absolute atomic E-state index is 13.0. The van der Waals surface area contributed by atoms with Gasteiger partial charge in [-0.3, -0.25) is 4.79 Å². The number of benzene rings is 2. The van der Waals surface area contributed by atoms with Crippen molar-refractivity contribution in [2.75, 3.05) is 12.8 Å². The molecular formula is C19H20FN5OS. The lowest BCUT2D eigenvalue weighted by atomic mass is 10.1. The van der Waals surface area contributed by atoms with Crippen molar-refractivity contribution in [2.45, 2.75) is 25.5 Å². The number of tetrazole rings is 1. The molecule has 8 heteroatoms. The Morgan fingerprint density at radius 1 is 1.19 bits per heavy atom. The number of hydrogen-bond donors (Lipinski definition) is 0.